The zero-order valence-electron chi connectivity index (χ0n) is 17.1. The molecule has 0 saturated heterocycles. The lowest BCUT2D eigenvalue weighted by molar-refractivity contribution is -0.384. The van der Waals surface area contributed by atoms with E-state index in [4.69, 9.17) is 14.5 Å². The molecule has 6 rings (SSSR count). The van der Waals surface area contributed by atoms with Crippen LogP contribution in [0.15, 0.2) is 72.8 Å². The zero-order chi connectivity index (χ0) is 21.7. The third-order valence-electron chi connectivity index (χ3n) is 6.10. The van der Waals surface area contributed by atoms with Gasteiger partial charge in [0, 0.05) is 23.3 Å². The molecule has 0 N–H and O–H groups in total. The molecular formula is C26H18N2O4. The van der Waals surface area contributed by atoms with Gasteiger partial charge >= 0.3 is 0 Å². The normalized spacial score (nSPS) is 13.4. The van der Waals surface area contributed by atoms with Crippen LogP contribution in [0, 0.1) is 10.1 Å². The Kier molecular flexibility index (Phi) is 4.18. The first-order valence-electron chi connectivity index (χ1n) is 10.4. The number of aromatic nitrogens is 1. The summed E-state index contributed by atoms with van der Waals surface area (Å²) in [5.41, 5.74) is 8.40. The van der Waals surface area contributed by atoms with Crippen LogP contribution in [0.1, 0.15) is 11.1 Å². The van der Waals surface area contributed by atoms with E-state index >= 15 is 0 Å². The molecule has 0 unspecified atom stereocenters. The average molecular weight is 422 g/mol. The summed E-state index contributed by atoms with van der Waals surface area (Å²) in [6.07, 6.45) is 1.85. The van der Waals surface area contributed by atoms with Crippen LogP contribution in [0.5, 0.6) is 11.5 Å². The summed E-state index contributed by atoms with van der Waals surface area (Å²) in [5.74, 6) is 1.48. The summed E-state index contributed by atoms with van der Waals surface area (Å²) >= 11 is 0. The van der Waals surface area contributed by atoms with Gasteiger partial charge in [-0.3, -0.25) is 10.1 Å². The fourth-order valence-electron chi connectivity index (χ4n) is 4.50. The van der Waals surface area contributed by atoms with Gasteiger partial charge in [-0.25, -0.2) is 4.98 Å². The Balaban J connectivity index is 1.57. The van der Waals surface area contributed by atoms with E-state index in [9.17, 15) is 10.1 Å². The monoisotopic (exact) mass is 422 g/mol. The molecule has 0 atom stereocenters. The number of nitro benzene ring substituents is 1. The molecule has 0 bridgehead atoms. The lowest BCUT2D eigenvalue weighted by Gasteiger charge is -2.23. The molecular weight excluding hydrogens is 404 g/mol. The Bertz CT molecular complexity index is 1380. The van der Waals surface area contributed by atoms with Gasteiger partial charge in [0.25, 0.3) is 5.69 Å². The van der Waals surface area contributed by atoms with Crippen LogP contribution in [0.4, 0.5) is 5.69 Å². The third-order valence-corrected chi connectivity index (χ3v) is 6.10. The lowest BCUT2D eigenvalue weighted by Crippen LogP contribution is -2.08. The summed E-state index contributed by atoms with van der Waals surface area (Å²) in [4.78, 5) is 15.7. The van der Waals surface area contributed by atoms with Crippen molar-refractivity contribution in [2.75, 3.05) is 6.79 Å². The van der Waals surface area contributed by atoms with Gasteiger partial charge in [0.1, 0.15) is 0 Å². The molecule has 156 valence electrons. The number of non-ortho nitro benzene ring substituents is 1. The SMILES string of the molecule is O=[N+]([O-])c1ccc(-c2cc(-c3ccc4c(c3)OCO4)c3c(n2)-c2ccccc2CC3)cc1. The molecule has 0 amide bonds. The van der Waals surface area contributed by atoms with Gasteiger partial charge in [0.05, 0.1) is 16.3 Å². The van der Waals surface area contributed by atoms with Crippen molar-refractivity contribution in [1.82, 2.24) is 4.98 Å². The van der Waals surface area contributed by atoms with Crippen LogP contribution in [0.2, 0.25) is 0 Å². The van der Waals surface area contributed by atoms with Crippen LogP contribution >= 0.6 is 0 Å². The first-order valence-corrected chi connectivity index (χ1v) is 10.4. The maximum atomic E-state index is 11.1. The van der Waals surface area contributed by atoms with Crippen molar-refractivity contribution in [3.8, 4) is 45.1 Å². The highest BCUT2D eigenvalue weighted by Gasteiger charge is 2.24. The molecule has 6 heteroatoms. The minimum Gasteiger partial charge on any atom is -0.454 e. The van der Waals surface area contributed by atoms with Crippen LogP contribution in [0.3, 0.4) is 0 Å². The van der Waals surface area contributed by atoms with Gasteiger partial charge in [0.2, 0.25) is 6.79 Å². The van der Waals surface area contributed by atoms with Crippen molar-refractivity contribution in [1.29, 1.82) is 0 Å². The van der Waals surface area contributed by atoms with E-state index in [1.165, 1.54) is 23.3 Å². The van der Waals surface area contributed by atoms with Crippen LogP contribution in [-0.2, 0) is 12.8 Å². The Morgan fingerprint density at radius 3 is 2.44 bits per heavy atom. The molecule has 2 aliphatic rings. The van der Waals surface area contributed by atoms with Crippen molar-refractivity contribution >= 4 is 5.69 Å². The van der Waals surface area contributed by atoms with Crippen molar-refractivity contribution in [2.45, 2.75) is 12.8 Å². The number of ether oxygens (including phenoxy) is 2. The highest BCUT2D eigenvalue weighted by atomic mass is 16.7. The minimum atomic E-state index is -0.391. The van der Waals surface area contributed by atoms with Crippen molar-refractivity contribution in [3.05, 3.63) is 94.0 Å². The second-order valence-corrected chi connectivity index (χ2v) is 7.91. The molecule has 3 aromatic carbocycles. The second kappa shape index (κ2) is 7.20. The van der Waals surface area contributed by atoms with E-state index in [-0.39, 0.29) is 12.5 Å². The number of hydrogen-bond donors (Lipinski definition) is 0. The molecule has 0 spiro atoms. The summed E-state index contributed by atoms with van der Waals surface area (Å²) in [7, 11) is 0. The fraction of sp³-hybridized carbons (Fsp3) is 0.115. The number of fused-ring (bicyclic) bond motifs is 4. The first kappa shape index (κ1) is 18.6. The summed E-state index contributed by atoms with van der Waals surface area (Å²) in [6, 6.07) is 23.0. The van der Waals surface area contributed by atoms with Gasteiger partial charge in [-0.05, 0) is 65.4 Å². The van der Waals surface area contributed by atoms with E-state index in [1.54, 1.807) is 12.1 Å². The number of benzene rings is 3. The largest absolute Gasteiger partial charge is 0.454 e. The molecule has 1 aliphatic carbocycles. The maximum absolute atomic E-state index is 11.1. The van der Waals surface area contributed by atoms with Crippen LogP contribution in [0.25, 0.3) is 33.6 Å². The van der Waals surface area contributed by atoms with Gasteiger partial charge in [0.15, 0.2) is 11.5 Å². The number of pyridine rings is 1. The van der Waals surface area contributed by atoms with Gasteiger partial charge in [-0.1, -0.05) is 30.3 Å². The highest BCUT2D eigenvalue weighted by molar-refractivity contribution is 5.84. The smallest absolute Gasteiger partial charge is 0.269 e. The Morgan fingerprint density at radius 2 is 1.59 bits per heavy atom. The summed E-state index contributed by atoms with van der Waals surface area (Å²) in [5, 5.41) is 11.1. The first-order chi connectivity index (χ1) is 15.7. The second-order valence-electron chi connectivity index (χ2n) is 7.91. The Labute approximate surface area is 184 Å². The maximum Gasteiger partial charge on any atom is 0.269 e. The van der Waals surface area contributed by atoms with E-state index in [2.05, 4.69) is 24.3 Å². The average Bonchev–Trinajstić information content (AvgIpc) is 3.31. The molecule has 32 heavy (non-hydrogen) atoms. The molecule has 1 aliphatic heterocycles. The zero-order valence-corrected chi connectivity index (χ0v) is 17.1. The molecule has 0 fully saturated rings. The molecule has 4 aromatic rings. The predicted octanol–water partition coefficient (Wildman–Crippen LogP) is 5.82. The number of nitrogens with zero attached hydrogens (tertiary/aromatic N) is 2. The predicted molar refractivity (Wildman–Crippen MR) is 121 cm³/mol. The van der Waals surface area contributed by atoms with Crippen molar-refractivity contribution < 1.29 is 14.4 Å². The van der Waals surface area contributed by atoms with Gasteiger partial charge < -0.3 is 9.47 Å². The standard InChI is InChI=1S/C26H18N2O4/c29-28(30)19-9-5-17(6-10-19)23-14-22(18-8-12-24-25(13-18)32-15-31-24)21-11-7-16-3-1-2-4-20(16)26(21)27-23/h1-6,8-10,12-14H,7,11,15H2. The quantitative estimate of drug-likeness (QED) is 0.307. The van der Waals surface area contributed by atoms with E-state index in [1.807, 2.05) is 24.3 Å². The molecule has 1 aromatic heterocycles. The van der Waals surface area contributed by atoms with Crippen molar-refractivity contribution in [3.63, 3.8) is 0 Å². The van der Waals surface area contributed by atoms with E-state index in [0.717, 1.165) is 58.0 Å². The van der Waals surface area contributed by atoms with Crippen LogP contribution in [-0.4, -0.2) is 16.7 Å². The van der Waals surface area contributed by atoms with Gasteiger partial charge in [-0.15, -0.1) is 0 Å². The van der Waals surface area contributed by atoms with E-state index in [0.29, 0.717) is 0 Å². The molecule has 0 saturated carbocycles. The molecule has 6 nitrogen and oxygen atoms in total. The fourth-order valence-corrected chi connectivity index (χ4v) is 4.50. The van der Waals surface area contributed by atoms with Crippen LogP contribution < -0.4 is 9.47 Å². The Hall–Kier alpha value is -4.19. The highest BCUT2D eigenvalue weighted by Crippen LogP contribution is 2.42. The lowest BCUT2D eigenvalue weighted by atomic mass is 9.84. The molecule has 0 radical (unpaired) electrons. The Morgan fingerprint density at radius 1 is 0.812 bits per heavy atom. The summed E-state index contributed by atoms with van der Waals surface area (Å²) in [6.45, 7) is 0.231. The number of nitro groups is 1. The third kappa shape index (κ3) is 3.00. The van der Waals surface area contributed by atoms with Gasteiger partial charge in [-0.2, -0.15) is 0 Å². The topological polar surface area (TPSA) is 74.5 Å². The van der Waals surface area contributed by atoms with E-state index < -0.39 is 4.92 Å². The number of rotatable bonds is 3. The molecule has 2 heterocycles. The number of aryl methyl sites for hydroxylation is 1. The summed E-state index contributed by atoms with van der Waals surface area (Å²) < 4.78 is 11.1. The minimum absolute atomic E-state index is 0.0630. The number of hydrogen-bond acceptors (Lipinski definition) is 5. The van der Waals surface area contributed by atoms with Crippen molar-refractivity contribution in [2.24, 2.45) is 0 Å².